The lowest BCUT2D eigenvalue weighted by Gasteiger charge is -2.32. The summed E-state index contributed by atoms with van der Waals surface area (Å²) in [6.07, 6.45) is 7.19. The fraction of sp³-hybridized carbons (Fsp3) is 0.364. The Bertz CT molecular complexity index is 1850. The molecule has 0 bridgehead atoms. The van der Waals surface area contributed by atoms with Gasteiger partial charge in [-0.2, -0.15) is 0 Å². The Balaban J connectivity index is 1.01. The minimum absolute atomic E-state index is 0.00945. The minimum atomic E-state index is -0.275. The van der Waals surface area contributed by atoms with E-state index in [4.69, 9.17) is 9.15 Å². The normalized spacial score (nSPS) is 15.8. The number of benzene rings is 2. The minimum Gasteiger partial charge on any atom is -0.493 e. The van der Waals surface area contributed by atoms with Crippen molar-refractivity contribution >= 4 is 52.2 Å². The molecule has 12 nitrogen and oxygen atoms in total. The lowest BCUT2D eigenvalue weighted by molar-refractivity contribution is -0.116. The molecular formula is C33H34N6O6. The van der Waals surface area contributed by atoms with Gasteiger partial charge in [0.25, 0.3) is 11.8 Å². The molecule has 2 amide bonds. The van der Waals surface area contributed by atoms with E-state index in [1.165, 1.54) is 6.92 Å². The van der Waals surface area contributed by atoms with Crippen molar-refractivity contribution < 1.29 is 28.3 Å². The molecule has 12 heteroatoms. The van der Waals surface area contributed by atoms with Gasteiger partial charge in [0.15, 0.2) is 17.2 Å². The molecule has 2 aliphatic heterocycles. The predicted octanol–water partition coefficient (Wildman–Crippen LogP) is 5.01. The summed E-state index contributed by atoms with van der Waals surface area (Å²) in [4.78, 5) is 65.4. The summed E-state index contributed by atoms with van der Waals surface area (Å²) in [6.45, 7) is 4.32. The first-order chi connectivity index (χ1) is 21.7. The van der Waals surface area contributed by atoms with Crippen molar-refractivity contribution in [3.8, 4) is 5.75 Å². The number of nitrogens with one attached hydrogen (secondary N) is 1. The molecule has 0 saturated carbocycles. The number of oxazole rings is 1. The number of piperidine rings is 1. The molecule has 4 heterocycles. The molecule has 0 radical (unpaired) electrons. The van der Waals surface area contributed by atoms with Gasteiger partial charge in [0.2, 0.25) is 17.5 Å². The van der Waals surface area contributed by atoms with Crippen LogP contribution in [0.4, 0.5) is 11.5 Å². The zero-order valence-corrected chi connectivity index (χ0v) is 25.5. The summed E-state index contributed by atoms with van der Waals surface area (Å²) in [6, 6.07) is 8.81. The van der Waals surface area contributed by atoms with Crippen LogP contribution in [0.2, 0.25) is 0 Å². The molecule has 1 N–H and O–H groups in total. The average molecular weight is 611 g/mol. The van der Waals surface area contributed by atoms with Crippen LogP contribution in [0.25, 0.3) is 11.1 Å². The van der Waals surface area contributed by atoms with E-state index in [1.54, 1.807) is 42.1 Å². The highest BCUT2D eigenvalue weighted by atomic mass is 16.5. The number of nitrogens with zero attached hydrogens (tertiary/aromatic N) is 5. The van der Waals surface area contributed by atoms with Gasteiger partial charge in [-0.05, 0) is 61.9 Å². The van der Waals surface area contributed by atoms with Crippen LogP contribution in [0.1, 0.15) is 81.8 Å². The number of Topliss-reactive ketones (excluding diaryl/α,β-unsaturated/α-hetero) is 2. The van der Waals surface area contributed by atoms with E-state index in [1.807, 2.05) is 24.1 Å². The number of ether oxygens (including phenoxy) is 1. The number of aromatic nitrogens is 3. The van der Waals surface area contributed by atoms with E-state index < -0.39 is 0 Å². The Kier molecular flexibility index (Phi) is 8.29. The molecule has 4 aromatic rings. The second kappa shape index (κ2) is 12.5. The Hall–Kier alpha value is -5.13. The molecule has 2 aliphatic rings. The maximum absolute atomic E-state index is 13.1. The van der Waals surface area contributed by atoms with Crippen molar-refractivity contribution in [1.29, 1.82) is 0 Å². The highest BCUT2D eigenvalue weighted by Crippen LogP contribution is 2.33. The molecule has 1 atom stereocenters. The van der Waals surface area contributed by atoms with Crippen LogP contribution in [-0.4, -0.2) is 68.2 Å². The van der Waals surface area contributed by atoms with Gasteiger partial charge in [-0.15, -0.1) is 0 Å². The van der Waals surface area contributed by atoms with Crippen molar-refractivity contribution in [2.75, 3.05) is 18.5 Å². The number of ketones is 2. The number of hydrogen-bond donors (Lipinski definition) is 1. The number of anilines is 1. The molecule has 232 valence electrons. The molecule has 45 heavy (non-hydrogen) atoms. The highest BCUT2D eigenvalue weighted by Gasteiger charge is 2.30. The molecular weight excluding hydrogens is 576 g/mol. The zero-order valence-electron chi connectivity index (χ0n) is 25.5. The van der Waals surface area contributed by atoms with Crippen LogP contribution in [0, 0.1) is 6.92 Å². The smallest absolute Gasteiger partial charge is 0.263 e. The maximum Gasteiger partial charge on any atom is 0.263 e. The second-order valence-electron chi connectivity index (χ2n) is 11.5. The lowest BCUT2D eigenvalue weighted by Crippen LogP contribution is -2.43. The van der Waals surface area contributed by atoms with Gasteiger partial charge >= 0.3 is 0 Å². The molecule has 0 unspecified atom stereocenters. The topological polar surface area (TPSA) is 149 Å². The number of hydrogen-bond acceptors (Lipinski definition) is 9. The standard InChI is InChI=1S/C33H34N6O6/c1-19-13-23-24(34-17-22-7-4-5-11-39(22)33(23)43)16-28(19)44-12-6-8-30(42)36-29-18-38(3)31(37-29)26(41)15-21-9-10-27-25(14-21)35-32(45-27)20(2)40/h9-10,13-14,16-18,22H,4-8,11-12,15H2,1-3H3,(H,36,42)/t22-/m0/s1. The summed E-state index contributed by atoms with van der Waals surface area (Å²) in [7, 11) is 1.69. The average Bonchev–Trinajstić information content (AvgIpc) is 3.58. The Morgan fingerprint density at radius 3 is 2.80 bits per heavy atom. The first-order valence-electron chi connectivity index (χ1n) is 15.1. The van der Waals surface area contributed by atoms with E-state index in [2.05, 4.69) is 20.3 Å². The summed E-state index contributed by atoms with van der Waals surface area (Å²) in [5.41, 5.74) is 3.70. The molecule has 6 rings (SSSR count). The van der Waals surface area contributed by atoms with Crippen LogP contribution >= 0.6 is 0 Å². The SMILES string of the molecule is CC(=O)c1nc2cc(CC(=O)c3nc(NC(=O)CCCOc4cc5c(cc4C)C(=O)N4CCCC[C@H]4C=N5)cn3C)ccc2o1. The number of aryl methyl sites for hydroxylation is 2. The highest BCUT2D eigenvalue weighted by molar-refractivity contribution is 6.03. The van der Waals surface area contributed by atoms with Crippen molar-refractivity contribution in [2.24, 2.45) is 12.0 Å². The monoisotopic (exact) mass is 610 g/mol. The quantitative estimate of drug-likeness (QED) is 0.195. The van der Waals surface area contributed by atoms with Crippen LogP contribution in [0.15, 0.2) is 45.9 Å². The molecule has 2 aromatic carbocycles. The predicted molar refractivity (Wildman–Crippen MR) is 167 cm³/mol. The van der Waals surface area contributed by atoms with Crippen LogP contribution in [0.5, 0.6) is 5.75 Å². The Morgan fingerprint density at radius 1 is 1.13 bits per heavy atom. The number of fused-ring (bicyclic) bond motifs is 3. The number of aliphatic imine (C=N–C) groups is 1. The van der Waals surface area contributed by atoms with Crippen LogP contribution in [-0.2, 0) is 18.3 Å². The van der Waals surface area contributed by atoms with Crippen molar-refractivity contribution in [1.82, 2.24) is 19.4 Å². The first kappa shape index (κ1) is 29.9. The number of imidazole rings is 1. The molecule has 1 fully saturated rings. The Labute approximate surface area is 259 Å². The number of carbonyl (C=O) groups is 4. The van der Waals surface area contributed by atoms with Gasteiger partial charge in [0.1, 0.15) is 11.3 Å². The van der Waals surface area contributed by atoms with E-state index >= 15 is 0 Å². The molecule has 0 aliphatic carbocycles. The summed E-state index contributed by atoms with van der Waals surface area (Å²) < 4.78 is 13.0. The third-order valence-corrected chi connectivity index (χ3v) is 8.04. The Morgan fingerprint density at radius 2 is 1.98 bits per heavy atom. The third-order valence-electron chi connectivity index (χ3n) is 8.04. The van der Waals surface area contributed by atoms with Gasteiger partial charge in [-0.1, -0.05) is 6.07 Å². The second-order valence-corrected chi connectivity index (χ2v) is 11.5. The molecule has 1 saturated heterocycles. The van der Waals surface area contributed by atoms with E-state index in [-0.39, 0.29) is 59.8 Å². The third kappa shape index (κ3) is 6.40. The summed E-state index contributed by atoms with van der Waals surface area (Å²) in [5, 5.41) is 2.75. The molecule has 2 aromatic heterocycles. The van der Waals surface area contributed by atoms with E-state index in [9.17, 15) is 19.2 Å². The first-order valence-corrected chi connectivity index (χ1v) is 15.1. The number of rotatable bonds is 10. The fourth-order valence-corrected chi connectivity index (χ4v) is 5.70. The van der Waals surface area contributed by atoms with Crippen LogP contribution in [0.3, 0.4) is 0 Å². The van der Waals surface area contributed by atoms with Crippen molar-refractivity contribution in [3.05, 3.63) is 64.9 Å². The van der Waals surface area contributed by atoms with Gasteiger partial charge in [0.05, 0.1) is 23.9 Å². The van der Waals surface area contributed by atoms with Gasteiger partial charge in [0, 0.05) is 51.8 Å². The maximum atomic E-state index is 13.1. The fourth-order valence-electron chi connectivity index (χ4n) is 5.70. The number of amides is 2. The van der Waals surface area contributed by atoms with E-state index in [0.29, 0.717) is 46.7 Å². The molecule has 0 spiro atoms. The number of carbonyl (C=O) groups excluding carboxylic acids is 4. The zero-order chi connectivity index (χ0) is 31.7. The largest absolute Gasteiger partial charge is 0.493 e. The van der Waals surface area contributed by atoms with Gasteiger partial charge in [-0.3, -0.25) is 24.2 Å². The van der Waals surface area contributed by atoms with Crippen molar-refractivity contribution in [3.63, 3.8) is 0 Å². The summed E-state index contributed by atoms with van der Waals surface area (Å²) in [5.74, 6) is 0.390. The van der Waals surface area contributed by atoms with Crippen molar-refractivity contribution in [2.45, 2.75) is 58.4 Å². The van der Waals surface area contributed by atoms with Gasteiger partial charge < -0.3 is 23.9 Å². The summed E-state index contributed by atoms with van der Waals surface area (Å²) >= 11 is 0. The lowest BCUT2D eigenvalue weighted by atomic mass is 10.0. The van der Waals surface area contributed by atoms with E-state index in [0.717, 1.165) is 31.4 Å². The van der Waals surface area contributed by atoms with Crippen LogP contribution < -0.4 is 10.1 Å². The van der Waals surface area contributed by atoms with Gasteiger partial charge in [-0.25, -0.2) is 9.97 Å².